The number of benzene rings is 1. The van der Waals surface area contributed by atoms with E-state index >= 15 is 0 Å². The quantitative estimate of drug-likeness (QED) is 0.836. The van der Waals surface area contributed by atoms with Crippen LogP contribution in [0.1, 0.15) is 42.0 Å². The summed E-state index contributed by atoms with van der Waals surface area (Å²) in [5.41, 5.74) is 1.50. The van der Waals surface area contributed by atoms with E-state index in [0.29, 0.717) is 5.56 Å². The van der Waals surface area contributed by atoms with Crippen LogP contribution in [0.5, 0.6) is 0 Å². The molecule has 5 heteroatoms. The van der Waals surface area contributed by atoms with Crippen molar-refractivity contribution in [1.82, 2.24) is 5.32 Å². The van der Waals surface area contributed by atoms with Gasteiger partial charge in [0.1, 0.15) is 0 Å². The van der Waals surface area contributed by atoms with Gasteiger partial charge in [-0.2, -0.15) is 0 Å². The van der Waals surface area contributed by atoms with Gasteiger partial charge in [0.05, 0.1) is 15.9 Å². The maximum absolute atomic E-state index is 12.5. The second-order valence-corrected chi connectivity index (χ2v) is 6.93. The number of carbonyl (C=O) groups is 1. The zero-order chi connectivity index (χ0) is 15.4. The normalized spacial score (nSPS) is 12.2. The van der Waals surface area contributed by atoms with Crippen molar-refractivity contribution < 1.29 is 4.79 Å². The molecule has 0 radical (unpaired) electrons. The molecule has 0 spiro atoms. The molecule has 21 heavy (non-hydrogen) atoms. The van der Waals surface area contributed by atoms with Crippen molar-refractivity contribution in [3.63, 3.8) is 0 Å². The monoisotopic (exact) mass is 322 g/mol. The molecule has 0 aliphatic heterocycles. The van der Waals surface area contributed by atoms with Gasteiger partial charge in [-0.25, -0.2) is 0 Å². The number of carbonyl (C=O) groups excluding carboxylic acids is 1. The second-order valence-electron chi connectivity index (χ2n) is 5.18. The Labute approximate surface area is 134 Å². The number of amides is 1. The van der Waals surface area contributed by atoms with E-state index in [1.165, 1.54) is 11.3 Å². The Balaban J connectivity index is 2.13. The highest BCUT2D eigenvalue weighted by Crippen LogP contribution is 2.27. The molecule has 0 saturated carbocycles. The standard InChI is InChI=1S/C16H19ClN2OS/c1-10(2)18-13-7-5-4-6-12(13)16(20)19-11(3)14-8-9-15(17)21-14/h4-11,18H,1-3H3,(H,19,20). The number of hydrogen-bond donors (Lipinski definition) is 2. The van der Waals surface area contributed by atoms with E-state index in [-0.39, 0.29) is 18.0 Å². The lowest BCUT2D eigenvalue weighted by atomic mass is 10.1. The van der Waals surface area contributed by atoms with Gasteiger partial charge >= 0.3 is 0 Å². The molecule has 1 amide bonds. The van der Waals surface area contributed by atoms with Crippen molar-refractivity contribution >= 4 is 34.5 Å². The van der Waals surface area contributed by atoms with Crippen molar-refractivity contribution in [3.05, 3.63) is 51.2 Å². The average molecular weight is 323 g/mol. The maximum Gasteiger partial charge on any atom is 0.253 e. The Kier molecular flexibility index (Phi) is 5.26. The van der Waals surface area contributed by atoms with Gasteiger partial charge in [0.15, 0.2) is 0 Å². The minimum atomic E-state index is -0.0872. The van der Waals surface area contributed by atoms with E-state index in [2.05, 4.69) is 10.6 Å². The van der Waals surface area contributed by atoms with Crippen LogP contribution in [0.25, 0.3) is 0 Å². The van der Waals surface area contributed by atoms with Crippen LogP contribution in [0, 0.1) is 0 Å². The van der Waals surface area contributed by atoms with Gasteiger partial charge < -0.3 is 10.6 Å². The minimum absolute atomic E-state index is 0.0675. The first-order valence-electron chi connectivity index (χ1n) is 6.89. The van der Waals surface area contributed by atoms with Gasteiger partial charge in [-0.3, -0.25) is 4.79 Å². The summed E-state index contributed by atoms with van der Waals surface area (Å²) in [5, 5.41) is 6.30. The third kappa shape index (κ3) is 4.22. The zero-order valence-corrected chi connectivity index (χ0v) is 13.9. The number of anilines is 1. The highest BCUT2D eigenvalue weighted by atomic mass is 35.5. The molecule has 2 N–H and O–H groups in total. The SMILES string of the molecule is CC(C)Nc1ccccc1C(=O)NC(C)c1ccc(Cl)s1. The molecule has 2 rings (SSSR count). The Morgan fingerprint density at radius 3 is 2.48 bits per heavy atom. The minimum Gasteiger partial charge on any atom is -0.382 e. The smallest absolute Gasteiger partial charge is 0.253 e. The van der Waals surface area contributed by atoms with E-state index in [4.69, 9.17) is 11.6 Å². The van der Waals surface area contributed by atoms with E-state index in [9.17, 15) is 4.79 Å². The third-order valence-electron chi connectivity index (χ3n) is 2.98. The lowest BCUT2D eigenvalue weighted by Gasteiger charge is -2.17. The molecule has 1 atom stereocenters. The summed E-state index contributed by atoms with van der Waals surface area (Å²) >= 11 is 7.42. The average Bonchev–Trinajstić information content (AvgIpc) is 2.85. The number of rotatable bonds is 5. The molecule has 1 aromatic carbocycles. The predicted octanol–water partition coefficient (Wildman–Crippen LogP) is 4.71. The molecule has 0 saturated heterocycles. The van der Waals surface area contributed by atoms with Gasteiger partial charge in [0.2, 0.25) is 0 Å². The fraction of sp³-hybridized carbons (Fsp3) is 0.312. The zero-order valence-electron chi connectivity index (χ0n) is 12.3. The summed E-state index contributed by atoms with van der Waals surface area (Å²) in [4.78, 5) is 13.5. The molecule has 0 aliphatic carbocycles. The number of nitrogens with one attached hydrogen (secondary N) is 2. The Bertz CT molecular complexity index is 624. The second kappa shape index (κ2) is 6.96. The van der Waals surface area contributed by atoms with Crippen LogP contribution in [0.3, 0.4) is 0 Å². The van der Waals surface area contributed by atoms with Crippen molar-refractivity contribution in [2.24, 2.45) is 0 Å². The van der Waals surface area contributed by atoms with Crippen LogP contribution >= 0.6 is 22.9 Å². The fourth-order valence-corrected chi connectivity index (χ4v) is 3.09. The summed E-state index contributed by atoms with van der Waals surface area (Å²) in [6, 6.07) is 11.5. The summed E-state index contributed by atoms with van der Waals surface area (Å²) < 4.78 is 0.730. The summed E-state index contributed by atoms with van der Waals surface area (Å²) in [6.45, 7) is 6.05. The topological polar surface area (TPSA) is 41.1 Å². The first-order chi connectivity index (χ1) is 9.97. The molecule has 0 bridgehead atoms. The van der Waals surface area contributed by atoms with Crippen molar-refractivity contribution in [2.45, 2.75) is 32.9 Å². The van der Waals surface area contributed by atoms with Gasteiger partial charge in [-0.1, -0.05) is 23.7 Å². The van der Waals surface area contributed by atoms with Crippen molar-refractivity contribution in [1.29, 1.82) is 0 Å². The molecule has 1 aromatic heterocycles. The van der Waals surface area contributed by atoms with Crippen LogP contribution in [0.15, 0.2) is 36.4 Å². The molecule has 1 heterocycles. The van der Waals surface area contributed by atoms with E-state index in [1.807, 2.05) is 57.2 Å². The van der Waals surface area contributed by atoms with Gasteiger partial charge in [-0.15, -0.1) is 11.3 Å². The van der Waals surface area contributed by atoms with Gasteiger partial charge in [0, 0.05) is 16.6 Å². The predicted molar refractivity (Wildman–Crippen MR) is 90.4 cm³/mol. The molecule has 3 nitrogen and oxygen atoms in total. The van der Waals surface area contributed by atoms with Crippen LogP contribution in [0.4, 0.5) is 5.69 Å². The molecule has 0 aliphatic rings. The molecule has 2 aromatic rings. The van der Waals surface area contributed by atoms with Crippen molar-refractivity contribution in [2.75, 3.05) is 5.32 Å². The Hall–Kier alpha value is -1.52. The van der Waals surface area contributed by atoms with Crippen molar-refractivity contribution in [3.8, 4) is 0 Å². The Morgan fingerprint density at radius 2 is 1.86 bits per heavy atom. The number of para-hydroxylation sites is 1. The molecule has 0 fully saturated rings. The summed E-state index contributed by atoms with van der Waals surface area (Å²) in [6.07, 6.45) is 0. The van der Waals surface area contributed by atoms with E-state index < -0.39 is 0 Å². The highest BCUT2D eigenvalue weighted by Gasteiger charge is 2.16. The number of hydrogen-bond acceptors (Lipinski definition) is 3. The first-order valence-corrected chi connectivity index (χ1v) is 8.08. The van der Waals surface area contributed by atoms with Crippen LogP contribution in [-0.2, 0) is 0 Å². The largest absolute Gasteiger partial charge is 0.382 e. The lowest BCUT2D eigenvalue weighted by Crippen LogP contribution is -2.27. The van der Waals surface area contributed by atoms with Gasteiger partial charge in [0.25, 0.3) is 5.91 Å². The first kappa shape index (κ1) is 15.9. The maximum atomic E-state index is 12.5. The lowest BCUT2D eigenvalue weighted by molar-refractivity contribution is 0.0941. The fourth-order valence-electron chi connectivity index (χ4n) is 2.02. The highest BCUT2D eigenvalue weighted by molar-refractivity contribution is 7.16. The van der Waals surface area contributed by atoms with Gasteiger partial charge in [-0.05, 0) is 45.0 Å². The Morgan fingerprint density at radius 1 is 1.14 bits per heavy atom. The van der Waals surface area contributed by atoms with Crippen LogP contribution < -0.4 is 10.6 Å². The van der Waals surface area contributed by atoms with Crippen LogP contribution in [0.2, 0.25) is 4.34 Å². The molecule has 1 unspecified atom stereocenters. The number of thiophene rings is 1. The third-order valence-corrected chi connectivity index (χ3v) is 4.40. The number of halogens is 1. The van der Waals surface area contributed by atoms with E-state index in [0.717, 1.165) is 14.9 Å². The molecule has 112 valence electrons. The summed E-state index contributed by atoms with van der Waals surface area (Å²) in [7, 11) is 0. The molecular weight excluding hydrogens is 304 g/mol. The van der Waals surface area contributed by atoms with E-state index in [1.54, 1.807) is 0 Å². The van der Waals surface area contributed by atoms with Crippen LogP contribution in [-0.4, -0.2) is 11.9 Å². The summed E-state index contributed by atoms with van der Waals surface area (Å²) in [5.74, 6) is -0.0872. The molecular formula is C16H19ClN2OS.